The molecule has 0 aliphatic carbocycles. The van der Waals surface area contributed by atoms with E-state index >= 15 is 0 Å². The van der Waals surface area contributed by atoms with Gasteiger partial charge in [0.2, 0.25) is 5.91 Å². The van der Waals surface area contributed by atoms with Crippen molar-refractivity contribution in [3.05, 3.63) is 40.1 Å². The molecule has 0 saturated carbocycles. The summed E-state index contributed by atoms with van der Waals surface area (Å²) in [5.74, 6) is 0.335. The van der Waals surface area contributed by atoms with Crippen LogP contribution in [0.15, 0.2) is 29.6 Å². The Hall–Kier alpha value is -2.54. The minimum Gasteiger partial charge on any atom is -0.493 e. The number of anilines is 1. The average molecular weight is 332 g/mol. The van der Waals surface area contributed by atoms with Gasteiger partial charge in [0.15, 0.2) is 18.1 Å². The topological polar surface area (TPSA) is 90.7 Å². The highest BCUT2D eigenvalue weighted by molar-refractivity contribution is 7.10. The molecule has 2 amide bonds. The maximum atomic E-state index is 11.9. The third-order valence-corrected chi connectivity index (χ3v) is 4.67. The van der Waals surface area contributed by atoms with E-state index in [1.165, 1.54) is 7.11 Å². The van der Waals surface area contributed by atoms with Crippen LogP contribution >= 0.6 is 11.3 Å². The summed E-state index contributed by atoms with van der Waals surface area (Å²) in [6, 6.07) is 7.38. The number of rotatable bonds is 5. The molecular weight excluding hydrogens is 316 g/mol. The fraction of sp³-hybridized carbons (Fsp3) is 0.250. The summed E-state index contributed by atoms with van der Waals surface area (Å²) >= 11 is 1.60. The maximum Gasteiger partial charge on any atom is 0.255 e. The van der Waals surface area contributed by atoms with Gasteiger partial charge in [-0.05, 0) is 29.1 Å². The maximum absolute atomic E-state index is 11.9. The second kappa shape index (κ2) is 6.29. The first-order chi connectivity index (χ1) is 11.1. The molecule has 1 aliphatic rings. The molecule has 2 heterocycles. The van der Waals surface area contributed by atoms with Gasteiger partial charge in [0.25, 0.3) is 5.91 Å². The van der Waals surface area contributed by atoms with Gasteiger partial charge in [-0.15, -0.1) is 11.3 Å². The summed E-state index contributed by atoms with van der Waals surface area (Å²) in [6.45, 7) is -0.227. The van der Waals surface area contributed by atoms with Gasteiger partial charge in [-0.1, -0.05) is 6.07 Å². The molecule has 23 heavy (non-hydrogen) atoms. The molecule has 0 bridgehead atoms. The van der Waals surface area contributed by atoms with Crippen molar-refractivity contribution < 1.29 is 19.1 Å². The van der Waals surface area contributed by atoms with Crippen molar-refractivity contribution >= 4 is 28.8 Å². The van der Waals surface area contributed by atoms with Crippen LogP contribution in [-0.2, 0) is 9.59 Å². The normalized spacial score (nSPS) is 16.4. The lowest BCUT2D eigenvalue weighted by Gasteiger charge is -2.23. The molecule has 0 saturated heterocycles. The largest absolute Gasteiger partial charge is 0.493 e. The van der Waals surface area contributed by atoms with E-state index in [1.807, 2.05) is 17.5 Å². The van der Waals surface area contributed by atoms with Gasteiger partial charge in [0, 0.05) is 17.2 Å². The molecule has 1 aliphatic heterocycles. The Bertz CT molecular complexity index is 756. The number of carbonyl (C=O) groups is 2. The fourth-order valence-electron chi connectivity index (χ4n) is 2.61. The number of nitrogens with two attached hydrogens (primary N) is 1. The zero-order chi connectivity index (χ0) is 16.4. The molecule has 0 fully saturated rings. The lowest BCUT2D eigenvalue weighted by Crippen LogP contribution is -2.22. The summed E-state index contributed by atoms with van der Waals surface area (Å²) in [4.78, 5) is 23.9. The Morgan fingerprint density at radius 2 is 2.22 bits per heavy atom. The molecule has 3 rings (SSSR count). The third-order valence-electron chi connectivity index (χ3n) is 3.64. The van der Waals surface area contributed by atoms with Gasteiger partial charge < -0.3 is 20.5 Å². The number of ether oxygens (including phenoxy) is 2. The van der Waals surface area contributed by atoms with Gasteiger partial charge in [-0.25, -0.2) is 0 Å². The fourth-order valence-corrected chi connectivity index (χ4v) is 3.59. The van der Waals surface area contributed by atoms with Crippen molar-refractivity contribution in [1.82, 2.24) is 0 Å². The number of hydrogen-bond donors (Lipinski definition) is 2. The van der Waals surface area contributed by atoms with E-state index < -0.39 is 5.91 Å². The zero-order valence-electron chi connectivity index (χ0n) is 12.5. The van der Waals surface area contributed by atoms with E-state index in [-0.39, 0.29) is 18.4 Å². The van der Waals surface area contributed by atoms with E-state index in [0.717, 1.165) is 16.1 Å². The van der Waals surface area contributed by atoms with E-state index in [2.05, 4.69) is 5.32 Å². The number of fused-ring (bicyclic) bond motifs is 1. The molecule has 2 aromatic rings. The smallest absolute Gasteiger partial charge is 0.255 e. The summed E-state index contributed by atoms with van der Waals surface area (Å²) in [6.07, 6.45) is 0.370. The molecule has 120 valence electrons. The molecule has 1 aromatic carbocycles. The summed E-state index contributed by atoms with van der Waals surface area (Å²) in [5.41, 5.74) is 6.91. The van der Waals surface area contributed by atoms with Crippen LogP contribution < -0.4 is 20.5 Å². The minimum atomic E-state index is -0.560. The van der Waals surface area contributed by atoms with Gasteiger partial charge in [0.1, 0.15) is 0 Å². The van der Waals surface area contributed by atoms with Crippen molar-refractivity contribution in [2.75, 3.05) is 19.0 Å². The van der Waals surface area contributed by atoms with Crippen LogP contribution in [0.4, 0.5) is 5.69 Å². The minimum absolute atomic E-state index is 0.0173. The van der Waals surface area contributed by atoms with Crippen LogP contribution in [0.3, 0.4) is 0 Å². The molecule has 0 radical (unpaired) electrons. The molecule has 1 atom stereocenters. The Kier molecular flexibility index (Phi) is 4.20. The highest BCUT2D eigenvalue weighted by Crippen LogP contribution is 2.42. The number of thiophene rings is 1. The predicted molar refractivity (Wildman–Crippen MR) is 87.1 cm³/mol. The van der Waals surface area contributed by atoms with Crippen molar-refractivity contribution in [1.29, 1.82) is 0 Å². The number of carbonyl (C=O) groups excluding carboxylic acids is 2. The first kappa shape index (κ1) is 15.4. The second-order valence-corrected chi connectivity index (χ2v) is 6.12. The first-order valence-electron chi connectivity index (χ1n) is 7.04. The van der Waals surface area contributed by atoms with Gasteiger partial charge in [0.05, 0.1) is 12.8 Å². The molecular formula is C16H16N2O4S. The van der Waals surface area contributed by atoms with Crippen LogP contribution in [0.5, 0.6) is 11.5 Å². The van der Waals surface area contributed by atoms with E-state index in [9.17, 15) is 9.59 Å². The molecule has 7 heteroatoms. The number of benzene rings is 1. The molecule has 6 nitrogen and oxygen atoms in total. The third kappa shape index (κ3) is 3.14. The first-order valence-corrected chi connectivity index (χ1v) is 7.92. The molecule has 0 spiro atoms. The van der Waals surface area contributed by atoms with E-state index in [1.54, 1.807) is 23.5 Å². The zero-order valence-corrected chi connectivity index (χ0v) is 13.3. The lowest BCUT2D eigenvalue weighted by molar-refractivity contribution is -0.120. The highest BCUT2D eigenvalue weighted by atomic mass is 32.1. The van der Waals surface area contributed by atoms with Crippen LogP contribution in [-0.4, -0.2) is 25.5 Å². The summed E-state index contributed by atoms with van der Waals surface area (Å²) in [5, 5.41) is 4.83. The molecule has 0 unspecified atom stereocenters. The summed E-state index contributed by atoms with van der Waals surface area (Å²) < 4.78 is 10.7. The van der Waals surface area contributed by atoms with Crippen LogP contribution in [0.25, 0.3) is 0 Å². The number of amides is 2. The second-order valence-electron chi connectivity index (χ2n) is 5.17. The average Bonchev–Trinajstić information content (AvgIpc) is 2.99. The number of primary amides is 1. The van der Waals surface area contributed by atoms with E-state index in [4.69, 9.17) is 15.2 Å². The van der Waals surface area contributed by atoms with Gasteiger partial charge >= 0.3 is 0 Å². The Labute approximate surface area is 137 Å². The van der Waals surface area contributed by atoms with Crippen molar-refractivity contribution in [2.24, 2.45) is 5.73 Å². The monoisotopic (exact) mass is 332 g/mol. The summed E-state index contributed by atoms with van der Waals surface area (Å²) in [7, 11) is 1.53. The Morgan fingerprint density at radius 3 is 2.96 bits per heavy atom. The van der Waals surface area contributed by atoms with Crippen molar-refractivity contribution in [3.8, 4) is 11.5 Å². The van der Waals surface area contributed by atoms with Crippen molar-refractivity contribution in [2.45, 2.75) is 12.3 Å². The van der Waals surface area contributed by atoms with Gasteiger partial charge in [-0.3, -0.25) is 9.59 Å². The lowest BCUT2D eigenvalue weighted by atomic mass is 9.90. The van der Waals surface area contributed by atoms with Crippen LogP contribution in [0, 0.1) is 0 Å². The SMILES string of the molecule is COc1ccc([C@@H]2CC(=O)Nc3ccsc32)cc1OCC(N)=O. The molecule has 1 aromatic heterocycles. The highest BCUT2D eigenvalue weighted by Gasteiger charge is 2.28. The standard InChI is InChI=1S/C16H16N2O4S/c1-21-12-3-2-9(6-13(12)22-8-14(17)19)10-7-15(20)18-11-4-5-23-16(10)11/h2-6,10H,7-8H2,1H3,(H2,17,19)(H,18,20)/t10-/m0/s1. The van der Waals surface area contributed by atoms with E-state index in [0.29, 0.717) is 17.9 Å². The number of nitrogens with one attached hydrogen (secondary N) is 1. The van der Waals surface area contributed by atoms with Crippen LogP contribution in [0.1, 0.15) is 22.8 Å². The van der Waals surface area contributed by atoms with Crippen LogP contribution in [0.2, 0.25) is 0 Å². The Morgan fingerprint density at radius 1 is 1.39 bits per heavy atom. The molecule has 3 N–H and O–H groups in total. The number of methoxy groups -OCH3 is 1. The number of hydrogen-bond acceptors (Lipinski definition) is 5. The predicted octanol–water partition coefficient (Wildman–Crippen LogP) is 2.09. The van der Waals surface area contributed by atoms with Gasteiger partial charge in [-0.2, -0.15) is 0 Å². The quantitative estimate of drug-likeness (QED) is 0.877. The van der Waals surface area contributed by atoms with Crippen molar-refractivity contribution in [3.63, 3.8) is 0 Å². The Balaban J connectivity index is 1.96.